The van der Waals surface area contributed by atoms with Gasteiger partial charge in [0.25, 0.3) is 0 Å². The van der Waals surface area contributed by atoms with Gasteiger partial charge in [-0.3, -0.25) is 4.79 Å². The topological polar surface area (TPSA) is 59.2 Å². The number of nitrogens with two attached hydrogens (primary N) is 1. The van der Waals surface area contributed by atoms with Crippen molar-refractivity contribution in [1.29, 1.82) is 0 Å². The summed E-state index contributed by atoms with van der Waals surface area (Å²) in [5.74, 6) is 0.328. The molecule has 2 N–H and O–H groups in total. The molecule has 1 aromatic heterocycles. The first-order chi connectivity index (χ1) is 8.56. The molecular weight excluding hydrogens is 246 g/mol. The van der Waals surface area contributed by atoms with Crippen molar-refractivity contribution in [3.05, 3.63) is 16.1 Å². The van der Waals surface area contributed by atoms with Gasteiger partial charge in [0.05, 0.1) is 17.2 Å². The average molecular weight is 267 g/mol. The number of hydrogen-bond donors (Lipinski definition) is 1. The first-order valence-electron chi connectivity index (χ1n) is 6.48. The fourth-order valence-electron chi connectivity index (χ4n) is 2.57. The third-order valence-corrected chi connectivity index (χ3v) is 4.33. The Balaban J connectivity index is 1.91. The molecule has 0 radical (unpaired) electrons. The standard InChI is InChI=1S/C13H21N3OS/c1-9-15-12(8-18-9)7-16(2)13(17)10-4-3-5-11(14)6-10/h8,10-11H,3-7,14H2,1-2H3. The van der Waals surface area contributed by atoms with Gasteiger partial charge >= 0.3 is 0 Å². The molecule has 1 amide bonds. The van der Waals surface area contributed by atoms with Crippen LogP contribution in [0.5, 0.6) is 0 Å². The van der Waals surface area contributed by atoms with E-state index in [-0.39, 0.29) is 17.9 Å². The van der Waals surface area contributed by atoms with Gasteiger partial charge in [0.1, 0.15) is 0 Å². The smallest absolute Gasteiger partial charge is 0.225 e. The van der Waals surface area contributed by atoms with Gasteiger partial charge in [-0.1, -0.05) is 6.42 Å². The molecule has 2 atom stereocenters. The quantitative estimate of drug-likeness (QED) is 0.910. The molecule has 1 aromatic rings. The lowest BCUT2D eigenvalue weighted by Gasteiger charge is -2.29. The van der Waals surface area contributed by atoms with Gasteiger partial charge in [-0.15, -0.1) is 11.3 Å². The van der Waals surface area contributed by atoms with Crippen LogP contribution in [0.25, 0.3) is 0 Å². The van der Waals surface area contributed by atoms with Crippen LogP contribution >= 0.6 is 11.3 Å². The maximum absolute atomic E-state index is 12.3. The number of hydrogen-bond acceptors (Lipinski definition) is 4. The average Bonchev–Trinajstić information content (AvgIpc) is 2.73. The van der Waals surface area contributed by atoms with Crippen molar-refractivity contribution < 1.29 is 4.79 Å². The van der Waals surface area contributed by atoms with Crippen molar-refractivity contribution in [2.24, 2.45) is 11.7 Å². The van der Waals surface area contributed by atoms with Gasteiger partial charge in [-0.05, 0) is 26.2 Å². The molecule has 0 aliphatic heterocycles. The second kappa shape index (κ2) is 5.80. The number of nitrogens with zero attached hydrogens (tertiary/aromatic N) is 2. The molecule has 1 aliphatic rings. The summed E-state index contributed by atoms with van der Waals surface area (Å²) in [5.41, 5.74) is 6.92. The van der Waals surface area contributed by atoms with E-state index >= 15 is 0 Å². The molecule has 0 aromatic carbocycles. The Hall–Kier alpha value is -0.940. The van der Waals surface area contributed by atoms with Crippen molar-refractivity contribution in [3.63, 3.8) is 0 Å². The third-order valence-electron chi connectivity index (χ3n) is 3.51. The number of aryl methyl sites for hydroxylation is 1. The van der Waals surface area contributed by atoms with Crippen molar-refractivity contribution in [2.75, 3.05) is 7.05 Å². The van der Waals surface area contributed by atoms with E-state index in [1.807, 2.05) is 19.4 Å². The second-order valence-corrected chi connectivity index (χ2v) is 6.24. The largest absolute Gasteiger partial charge is 0.340 e. The Morgan fingerprint density at radius 1 is 1.61 bits per heavy atom. The molecule has 0 saturated heterocycles. The highest BCUT2D eigenvalue weighted by Gasteiger charge is 2.27. The van der Waals surface area contributed by atoms with E-state index in [1.54, 1.807) is 16.2 Å². The minimum Gasteiger partial charge on any atom is -0.340 e. The van der Waals surface area contributed by atoms with Gasteiger partial charge in [0.2, 0.25) is 5.91 Å². The lowest BCUT2D eigenvalue weighted by atomic mass is 9.85. The number of thiazole rings is 1. The first-order valence-corrected chi connectivity index (χ1v) is 7.36. The van der Waals surface area contributed by atoms with Crippen LogP contribution in [0.15, 0.2) is 5.38 Å². The van der Waals surface area contributed by atoms with Crippen LogP contribution in [-0.4, -0.2) is 28.9 Å². The zero-order chi connectivity index (χ0) is 13.1. The summed E-state index contributed by atoms with van der Waals surface area (Å²) < 4.78 is 0. The highest BCUT2D eigenvalue weighted by atomic mass is 32.1. The van der Waals surface area contributed by atoms with Crippen LogP contribution in [0, 0.1) is 12.8 Å². The second-order valence-electron chi connectivity index (χ2n) is 5.18. The molecule has 1 aliphatic carbocycles. The molecule has 1 fully saturated rings. The molecule has 4 nitrogen and oxygen atoms in total. The molecule has 18 heavy (non-hydrogen) atoms. The molecule has 100 valence electrons. The maximum Gasteiger partial charge on any atom is 0.225 e. The van der Waals surface area contributed by atoms with E-state index in [1.165, 1.54) is 0 Å². The van der Waals surface area contributed by atoms with E-state index in [0.717, 1.165) is 36.4 Å². The summed E-state index contributed by atoms with van der Waals surface area (Å²) in [4.78, 5) is 18.5. The zero-order valence-electron chi connectivity index (χ0n) is 11.1. The fraction of sp³-hybridized carbons (Fsp3) is 0.692. The van der Waals surface area contributed by atoms with E-state index in [4.69, 9.17) is 5.73 Å². The minimum absolute atomic E-state index is 0.110. The predicted octanol–water partition coefficient (Wildman–Crippen LogP) is 1.93. The molecule has 1 heterocycles. The number of rotatable bonds is 3. The Morgan fingerprint density at radius 2 is 2.39 bits per heavy atom. The van der Waals surface area contributed by atoms with Crippen LogP contribution in [0.1, 0.15) is 36.4 Å². The number of carbonyl (C=O) groups excluding carboxylic acids is 1. The molecule has 2 unspecified atom stereocenters. The van der Waals surface area contributed by atoms with E-state index in [2.05, 4.69) is 4.98 Å². The zero-order valence-corrected chi connectivity index (χ0v) is 11.9. The van der Waals surface area contributed by atoms with Crippen LogP contribution in [-0.2, 0) is 11.3 Å². The van der Waals surface area contributed by atoms with Crippen LogP contribution in [0.2, 0.25) is 0 Å². The molecular formula is C13H21N3OS. The van der Waals surface area contributed by atoms with E-state index in [9.17, 15) is 4.79 Å². The third kappa shape index (κ3) is 3.29. The Labute approximate surface area is 112 Å². The van der Waals surface area contributed by atoms with Crippen LogP contribution in [0.4, 0.5) is 0 Å². The summed E-state index contributed by atoms with van der Waals surface area (Å²) in [6.07, 6.45) is 3.94. The van der Waals surface area contributed by atoms with Crippen molar-refractivity contribution in [2.45, 2.75) is 45.2 Å². The molecule has 5 heteroatoms. The fourth-order valence-corrected chi connectivity index (χ4v) is 3.17. The van der Waals surface area contributed by atoms with Gasteiger partial charge in [-0.25, -0.2) is 4.98 Å². The van der Waals surface area contributed by atoms with Gasteiger partial charge in [0.15, 0.2) is 0 Å². The van der Waals surface area contributed by atoms with Gasteiger partial charge in [-0.2, -0.15) is 0 Å². The summed E-state index contributed by atoms with van der Waals surface area (Å²) >= 11 is 1.63. The van der Waals surface area contributed by atoms with Crippen LogP contribution in [0.3, 0.4) is 0 Å². The summed E-state index contributed by atoms with van der Waals surface area (Å²) in [5, 5.41) is 3.07. The van der Waals surface area contributed by atoms with Crippen molar-refractivity contribution >= 4 is 17.2 Å². The lowest BCUT2D eigenvalue weighted by Crippen LogP contribution is -2.38. The Morgan fingerprint density at radius 3 is 3.00 bits per heavy atom. The normalized spacial score (nSPS) is 23.9. The van der Waals surface area contributed by atoms with Crippen molar-refractivity contribution in [3.8, 4) is 0 Å². The Bertz CT molecular complexity index is 418. The minimum atomic E-state index is 0.110. The van der Waals surface area contributed by atoms with E-state index in [0.29, 0.717) is 6.54 Å². The number of aromatic nitrogens is 1. The molecule has 0 bridgehead atoms. The number of carbonyl (C=O) groups is 1. The van der Waals surface area contributed by atoms with Crippen LogP contribution < -0.4 is 5.73 Å². The van der Waals surface area contributed by atoms with Crippen molar-refractivity contribution in [1.82, 2.24) is 9.88 Å². The van der Waals surface area contributed by atoms with Gasteiger partial charge in [0, 0.05) is 24.4 Å². The first kappa shape index (κ1) is 13.5. The Kier molecular flexibility index (Phi) is 4.35. The molecule has 0 spiro atoms. The maximum atomic E-state index is 12.3. The SMILES string of the molecule is Cc1nc(CN(C)C(=O)C2CCCC(N)C2)cs1. The summed E-state index contributed by atoms with van der Waals surface area (Å²) in [6, 6.07) is 0.197. The van der Waals surface area contributed by atoms with Gasteiger partial charge < -0.3 is 10.6 Å². The number of amides is 1. The highest BCUT2D eigenvalue weighted by molar-refractivity contribution is 7.09. The summed E-state index contributed by atoms with van der Waals surface area (Å²) in [7, 11) is 1.86. The molecule has 1 saturated carbocycles. The predicted molar refractivity (Wildman–Crippen MR) is 73.3 cm³/mol. The molecule has 2 rings (SSSR count). The summed E-state index contributed by atoms with van der Waals surface area (Å²) in [6.45, 7) is 2.59. The highest BCUT2D eigenvalue weighted by Crippen LogP contribution is 2.25. The van der Waals surface area contributed by atoms with E-state index < -0.39 is 0 Å². The monoisotopic (exact) mass is 267 g/mol. The lowest BCUT2D eigenvalue weighted by molar-refractivity contribution is -0.136.